The van der Waals surface area contributed by atoms with Gasteiger partial charge in [0.15, 0.2) is 0 Å². The van der Waals surface area contributed by atoms with Crippen molar-refractivity contribution in [2.45, 2.75) is 25.6 Å². The fourth-order valence-electron chi connectivity index (χ4n) is 2.69. The second-order valence-corrected chi connectivity index (χ2v) is 5.48. The first-order valence-corrected chi connectivity index (χ1v) is 7.23. The van der Waals surface area contributed by atoms with Crippen molar-refractivity contribution in [3.8, 4) is 0 Å². The van der Waals surface area contributed by atoms with E-state index < -0.39 is 28.6 Å². The van der Waals surface area contributed by atoms with E-state index in [1.54, 1.807) is 0 Å². The van der Waals surface area contributed by atoms with Gasteiger partial charge in [-0.1, -0.05) is 18.5 Å². The van der Waals surface area contributed by atoms with E-state index in [0.29, 0.717) is 25.6 Å². The Labute approximate surface area is 126 Å². The third kappa shape index (κ3) is 3.67. The van der Waals surface area contributed by atoms with Crippen LogP contribution in [0.25, 0.3) is 0 Å². The van der Waals surface area contributed by atoms with Gasteiger partial charge < -0.3 is 5.32 Å². The van der Waals surface area contributed by atoms with E-state index in [9.17, 15) is 17.6 Å². The molecule has 1 heterocycles. The number of piperazine rings is 1. The van der Waals surface area contributed by atoms with Gasteiger partial charge >= 0.3 is 6.18 Å². The zero-order chi connectivity index (χ0) is 15.6. The standard InChI is InChI=1S/C14H17ClF4N2/c1-2-12(21-5-3-20-4-6-21)10-7-9(14(17,18)19)8-11(15)13(10)16/h7-8,12,20H,2-6H2,1H3/t12-/m1/s1. The van der Waals surface area contributed by atoms with E-state index in [4.69, 9.17) is 11.6 Å². The van der Waals surface area contributed by atoms with E-state index >= 15 is 0 Å². The molecule has 1 aromatic rings. The van der Waals surface area contributed by atoms with Gasteiger partial charge in [0.1, 0.15) is 5.82 Å². The smallest absolute Gasteiger partial charge is 0.314 e. The molecule has 1 atom stereocenters. The fraction of sp³-hybridized carbons (Fsp3) is 0.571. The van der Waals surface area contributed by atoms with Crippen LogP contribution in [-0.4, -0.2) is 31.1 Å². The van der Waals surface area contributed by atoms with E-state index in [0.717, 1.165) is 19.2 Å². The highest BCUT2D eigenvalue weighted by Crippen LogP contribution is 2.37. The highest BCUT2D eigenvalue weighted by atomic mass is 35.5. The van der Waals surface area contributed by atoms with Crippen molar-refractivity contribution in [3.63, 3.8) is 0 Å². The van der Waals surface area contributed by atoms with Gasteiger partial charge in [-0.3, -0.25) is 4.90 Å². The van der Waals surface area contributed by atoms with Crippen molar-refractivity contribution in [1.82, 2.24) is 10.2 Å². The average Bonchev–Trinajstić information content (AvgIpc) is 2.44. The number of rotatable bonds is 3. The fourth-order valence-corrected chi connectivity index (χ4v) is 2.91. The molecule has 1 N–H and O–H groups in total. The molecule has 21 heavy (non-hydrogen) atoms. The van der Waals surface area contributed by atoms with Crippen molar-refractivity contribution in [2.24, 2.45) is 0 Å². The summed E-state index contributed by atoms with van der Waals surface area (Å²) in [5.74, 6) is -0.755. The first-order valence-electron chi connectivity index (χ1n) is 6.85. The molecular formula is C14H17ClF4N2. The van der Waals surface area contributed by atoms with Crippen LogP contribution in [0, 0.1) is 5.82 Å². The van der Waals surface area contributed by atoms with Crippen molar-refractivity contribution >= 4 is 11.6 Å². The van der Waals surface area contributed by atoms with Gasteiger partial charge in [-0.15, -0.1) is 0 Å². The summed E-state index contributed by atoms with van der Waals surface area (Å²) in [7, 11) is 0. The molecule has 1 saturated heterocycles. The summed E-state index contributed by atoms with van der Waals surface area (Å²) in [6.45, 7) is 4.66. The molecule has 1 aliphatic heterocycles. The lowest BCUT2D eigenvalue weighted by Crippen LogP contribution is -2.45. The SMILES string of the molecule is CC[C@H](c1cc(C(F)(F)F)cc(Cl)c1F)N1CCNCC1. The lowest BCUT2D eigenvalue weighted by atomic mass is 9.98. The normalized spacial score (nSPS) is 18.8. The summed E-state index contributed by atoms with van der Waals surface area (Å²) in [5, 5.41) is 2.69. The Morgan fingerprint density at radius 3 is 2.43 bits per heavy atom. The molecule has 0 bridgehead atoms. The lowest BCUT2D eigenvalue weighted by Gasteiger charge is -2.35. The Morgan fingerprint density at radius 2 is 1.90 bits per heavy atom. The molecular weight excluding hydrogens is 308 g/mol. The lowest BCUT2D eigenvalue weighted by molar-refractivity contribution is -0.137. The molecule has 7 heteroatoms. The van der Waals surface area contributed by atoms with Crippen LogP contribution in [0.15, 0.2) is 12.1 Å². The maximum absolute atomic E-state index is 14.2. The molecule has 1 aliphatic rings. The molecule has 1 fully saturated rings. The molecule has 0 amide bonds. The predicted molar refractivity (Wildman–Crippen MR) is 73.9 cm³/mol. The van der Waals surface area contributed by atoms with Crippen molar-refractivity contribution in [3.05, 3.63) is 34.1 Å². The van der Waals surface area contributed by atoms with Gasteiger partial charge in [-0.05, 0) is 18.6 Å². The zero-order valence-electron chi connectivity index (χ0n) is 11.6. The minimum absolute atomic E-state index is 0.0271. The molecule has 0 spiro atoms. The van der Waals surface area contributed by atoms with Crippen LogP contribution >= 0.6 is 11.6 Å². The quantitative estimate of drug-likeness (QED) is 0.850. The Balaban J connectivity index is 2.42. The molecule has 0 saturated carbocycles. The molecule has 0 aliphatic carbocycles. The number of nitrogens with one attached hydrogen (secondary N) is 1. The summed E-state index contributed by atoms with van der Waals surface area (Å²) in [4.78, 5) is 1.99. The van der Waals surface area contributed by atoms with Gasteiger partial charge in [-0.2, -0.15) is 13.2 Å². The summed E-state index contributed by atoms with van der Waals surface area (Å²) in [6, 6.07) is 1.13. The van der Waals surface area contributed by atoms with Gasteiger partial charge in [0.2, 0.25) is 0 Å². The molecule has 0 aromatic heterocycles. The Morgan fingerprint density at radius 1 is 1.29 bits per heavy atom. The number of alkyl halides is 3. The number of benzene rings is 1. The molecule has 118 valence electrons. The highest BCUT2D eigenvalue weighted by molar-refractivity contribution is 6.30. The van der Waals surface area contributed by atoms with Crippen LogP contribution in [0.3, 0.4) is 0 Å². The average molecular weight is 325 g/mol. The number of hydrogen-bond acceptors (Lipinski definition) is 2. The minimum atomic E-state index is -4.53. The molecule has 1 aromatic carbocycles. The second-order valence-electron chi connectivity index (χ2n) is 5.07. The maximum Gasteiger partial charge on any atom is 0.416 e. The van der Waals surface area contributed by atoms with Crippen molar-refractivity contribution in [2.75, 3.05) is 26.2 Å². The monoisotopic (exact) mass is 324 g/mol. The third-order valence-electron chi connectivity index (χ3n) is 3.72. The summed E-state index contributed by atoms with van der Waals surface area (Å²) in [6.07, 6.45) is -4.01. The van der Waals surface area contributed by atoms with Crippen LogP contribution < -0.4 is 5.32 Å². The Hall–Kier alpha value is -0.850. The summed E-state index contributed by atoms with van der Waals surface area (Å²) >= 11 is 5.66. The van der Waals surface area contributed by atoms with E-state index in [-0.39, 0.29) is 5.56 Å². The number of hydrogen-bond donors (Lipinski definition) is 1. The molecule has 2 nitrogen and oxygen atoms in total. The largest absolute Gasteiger partial charge is 0.416 e. The Bertz CT molecular complexity index is 498. The van der Waals surface area contributed by atoms with Crippen LogP contribution in [0.2, 0.25) is 5.02 Å². The second kappa shape index (κ2) is 6.50. The third-order valence-corrected chi connectivity index (χ3v) is 4.00. The predicted octanol–water partition coefficient (Wildman–Crippen LogP) is 3.85. The highest BCUT2D eigenvalue weighted by Gasteiger charge is 2.34. The van der Waals surface area contributed by atoms with Gasteiger partial charge in [-0.25, -0.2) is 4.39 Å². The molecule has 0 unspecified atom stereocenters. The van der Waals surface area contributed by atoms with E-state index in [1.165, 1.54) is 0 Å². The van der Waals surface area contributed by atoms with E-state index in [2.05, 4.69) is 5.32 Å². The zero-order valence-corrected chi connectivity index (χ0v) is 12.4. The van der Waals surface area contributed by atoms with Gasteiger partial charge in [0, 0.05) is 37.8 Å². The molecule has 0 radical (unpaired) electrons. The number of halogens is 5. The topological polar surface area (TPSA) is 15.3 Å². The van der Waals surface area contributed by atoms with Crippen molar-refractivity contribution in [1.29, 1.82) is 0 Å². The number of nitrogens with zero attached hydrogens (tertiary/aromatic N) is 1. The van der Waals surface area contributed by atoms with Gasteiger partial charge in [0.25, 0.3) is 0 Å². The van der Waals surface area contributed by atoms with Crippen LogP contribution in [0.4, 0.5) is 17.6 Å². The van der Waals surface area contributed by atoms with Crippen LogP contribution in [0.1, 0.15) is 30.5 Å². The maximum atomic E-state index is 14.2. The van der Waals surface area contributed by atoms with Crippen LogP contribution in [0.5, 0.6) is 0 Å². The van der Waals surface area contributed by atoms with Crippen molar-refractivity contribution < 1.29 is 17.6 Å². The minimum Gasteiger partial charge on any atom is -0.314 e. The molecule has 2 rings (SSSR count). The first-order chi connectivity index (χ1) is 9.84. The summed E-state index contributed by atoms with van der Waals surface area (Å²) in [5.41, 5.74) is -0.878. The first kappa shape index (κ1) is 16.5. The van der Waals surface area contributed by atoms with Crippen LogP contribution in [-0.2, 0) is 6.18 Å². The summed E-state index contributed by atoms with van der Waals surface area (Å²) < 4.78 is 52.9. The Kier molecular flexibility index (Phi) is 5.11. The van der Waals surface area contributed by atoms with E-state index in [1.807, 2.05) is 11.8 Å². The van der Waals surface area contributed by atoms with Gasteiger partial charge in [0.05, 0.1) is 10.6 Å².